The number of carboxylic acid groups (broad SMARTS) is 1. The molecular weight excluding hydrogens is 245 g/mol. The first-order chi connectivity index (χ1) is 9.06. The van der Waals surface area contributed by atoms with Crippen LogP contribution in [-0.4, -0.2) is 24.2 Å². The van der Waals surface area contributed by atoms with E-state index in [9.17, 15) is 9.18 Å². The van der Waals surface area contributed by atoms with Gasteiger partial charge in [-0.1, -0.05) is 13.0 Å². The minimum absolute atomic E-state index is 0.290. The van der Waals surface area contributed by atoms with Crippen molar-refractivity contribution in [2.24, 2.45) is 5.92 Å². The Morgan fingerprint density at radius 3 is 2.68 bits per heavy atom. The zero-order valence-electron chi connectivity index (χ0n) is 11.0. The first kappa shape index (κ1) is 13.6. The Kier molecular flexibility index (Phi) is 4.20. The van der Waals surface area contributed by atoms with Gasteiger partial charge in [-0.15, -0.1) is 0 Å². The number of piperidine rings is 1. The van der Waals surface area contributed by atoms with Crippen LogP contribution in [-0.2, 0) is 4.79 Å². The van der Waals surface area contributed by atoms with Crippen LogP contribution in [0.2, 0.25) is 0 Å². The van der Waals surface area contributed by atoms with E-state index in [2.05, 4.69) is 11.8 Å². The van der Waals surface area contributed by atoms with E-state index in [1.54, 1.807) is 12.1 Å². The highest BCUT2D eigenvalue weighted by atomic mass is 19.1. The molecule has 0 amide bonds. The smallest absolute Gasteiger partial charge is 0.328 e. The van der Waals surface area contributed by atoms with Crippen LogP contribution in [0.25, 0.3) is 6.08 Å². The minimum Gasteiger partial charge on any atom is -0.478 e. The number of anilines is 1. The molecule has 102 valence electrons. The molecule has 1 heterocycles. The van der Waals surface area contributed by atoms with Crippen molar-refractivity contribution in [3.8, 4) is 0 Å². The van der Waals surface area contributed by atoms with Crippen LogP contribution >= 0.6 is 0 Å². The van der Waals surface area contributed by atoms with Crippen molar-refractivity contribution in [3.63, 3.8) is 0 Å². The van der Waals surface area contributed by atoms with Crippen LogP contribution in [0.4, 0.5) is 10.1 Å². The Morgan fingerprint density at radius 2 is 2.11 bits per heavy atom. The third kappa shape index (κ3) is 3.56. The molecule has 3 nitrogen and oxygen atoms in total. The van der Waals surface area contributed by atoms with Gasteiger partial charge in [-0.3, -0.25) is 0 Å². The first-order valence-electron chi connectivity index (χ1n) is 6.52. The van der Waals surface area contributed by atoms with Crippen LogP contribution in [0.15, 0.2) is 24.3 Å². The quantitative estimate of drug-likeness (QED) is 0.852. The lowest BCUT2D eigenvalue weighted by Gasteiger charge is -2.32. The normalized spacial score (nSPS) is 17.1. The van der Waals surface area contributed by atoms with E-state index in [1.165, 1.54) is 12.1 Å². The summed E-state index contributed by atoms with van der Waals surface area (Å²) in [6.45, 7) is 3.97. The molecule has 1 aliphatic rings. The first-order valence-corrected chi connectivity index (χ1v) is 6.52. The molecule has 1 aliphatic heterocycles. The fourth-order valence-electron chi connectivity index (χ4n) is 2.30. The van der Waals surface area contributed by atoms with Crippen molar-refractivity contribution in [3.05, 3.63) is 35.7 Å². The van der Waals surface area contributed by atoms with Crippen LogP contribution in [0.1, 0.15) is 25.3 Å². The van der Waals surface area contributed by atoms with Gasteiger partial charge in [0, 0.05) is 19.2 Å². The van der Waals surface area contributed by atoms with Crippen LogP contribution in [0, 0.1) is 11.7 Å². The number of rotatable bonds is 3. The van der Waals surface area contributed by atoms with E-state index >= 15 is 0 Å². The van der Waals surface area contributed by atoms with E-state index < -0.39 is 5.97 Å². The summed E-state index contributed by atoms with van der Waals surface area (Å²) in [7, 11) is 0. The predicted molar refractivity (Wildman–Crippen MR) is 73.7 cm³/mol. The molecule has 1 fully saturated rings. The molecule has 0 unspecified atom stereocenters. The van der Waals surface area contributed by atoms with Crippen molar-refractivity contribution >= 4 is 17.7 Å². The zero-order chi connectivity index (χ0) is 13.8. The van der Waals surface area contributed by atoms with Crippen molar-refractivity contribution in [2.45, 2.75) is 19.8 Å². The summed E-state index contributed by atoms with van der Waals surface area (Å²) in [4.78, 5) is 12.5. The fraction of sp³-hybridized carbons (Fsp3) is 0.400. The van der Waals surface area contributed by atoms with E-state index in [0.717, 1.165) is 32.0 Å². The van der Waals surface area contributed by atoms with Gasteiger partial charge in [-0.2, -0.15) is 0 Å². The number of benzene rings is 1. The molecule has 0 saturated carbocycles. The average molecular weight is 263 g/mol. The standard InChI is InChI=1S/C15H18FNO2/c1-11-6-8-17(9-7-11)14-4-2-12(10-13(14)16)3-5-15(18)19/h2-5,10-11H,6-9H2,1H3,(H,18,19)/b5-3+. The fourth-order valence-corrected chi connectivity index (χ4v) is 2.30. The van der Waals surface area contributed by atoms with Gasteiger partial charge in [-0.25, -0.2) is 9.18 Å². The summed E-state index contributed by atoms with van der Waals surface area (Å²) < 4.78 is 14.0. The SMILES string of the molecule is CC1CCN(c2ccc(/C=C/C(=O)O)cc2F)CC1. The molecule has 1 saturated heterocycles. The molecule has 19 heavy (non-hydrogen) atoms. The maximum atomic E-state index is 14.0. The Hall–Kier alpha value is -1.84. The molecule has 1 N–H and O–H groups in total. The highest BCUT2D eigenvalue weighted by molar-refractivity contribution is 5.85. The van der Waals surface area contributed by atoms with Gasteiger partial charge >= 0.3 is 5.97 Å². The van der Waals surface area contributed by atoms with Gasteiger partial charge in [0.2, 0.25) is 0 Å². The van der Waals surface area contributed by atoms with E-state index in [1.807, 2.05) is 0 Å². The average Bonchev–Trinajstić information content (AvgIpc) is 2.38. The number of hydrogen-bond acceptors (Lipinski definition) is 2. The van der Waals surface area contributed by atoms with E-state index in [-0.39, 0.29) is 5.82 Å². The molecule has 0 aliphatic carbocycles. The van der Waals surface area contributed by atoms with Gasteiger partial charge in [-0.05, 0) is 42.5 Å². The van der Waals surface area contributed by atoms with Gasteiger partial charge in [0.05, 0.1) is 5.69 Å². The molecule has 0 spiro atoms. The summed E-state index contributed by atoms with van der Waals surface area (Å²) in [6.07, 6.45) is 4.57. The number of carboxylic acids is 1. The highest BCUT2D eigenvalue weighted by Crippen LogP contribution is 2.26. The number of hydrogen-bond donors (Lipinski definition) is 1. The molecule has 0 radical (unpaired) electrons. The molecule has 2 rings (SSSR count). The monoisotopic (exact) mass is 263 g/mol. The van der Waals surface area contributed by atoms with Crippen molar-refractivity contribution in [2.75, 3.05) is 18.0 Å². The molecule has 4 heteroatoms. The summed E-state index contributed by atoms with van der Waals surface area (Å²) in [5, 5.41) is 8.54. The Bertz CT molecular complexity index is 491. The van der Waals surface area contributed by atoms with Gasteiger partial charge in [0.15, 0.2) is 0 Å². The third-order valence-electron chi connectivity index (χ3n) is 3.51. The Balaban J connectivity index is 2.13. The summed E-state index contributed by atoms with van der Waals surface area (Å²) in [5.41, 5.74) is 1.17. The van der Waals surface area contributed by atoms with Crippen LogP contribution < -0.4 is 4.90 Å². The minimum atomic E-state index is -1.03. The lowest BCUT2D eigenvalue weighted by molar-refractivity contribution is -0.131. The lowest BCUT2D eigenvalue weighted by atomic mass is 9.98. The maximum Gasteiger partial charge on any atom is 0.328 e. The molecule has 1 aromatic carbocycles. The lowest BCUT2D eigenvalue weighted by Crippen LogP contribution is -2.33. The third-order valence-corrected chi connectivity index (χ3v) is 3.51. The predicted octanol–water partition coefficient (Wildman–Crippen LogP) is 3.16. The largest absolute Gasteiger partial charge is 0.478 e. The molecule has 0 aromatic heterocycles. The van der Waals surface area contributed by atoms with E-state index in [0.29, 0.717) is 17.2 Å². The van der Waals surface area contributed by atoms with Crippen LogP contribution in [0.3, 0.4) is 0 Å². The van der Waals surface area contributed by atoms with Gasteiger partial charge < -0.3 is 10.0 Å². The van der Waals surface area contributed by atoms with Crippen molar-refractivity contribution < 1.29 is 14.3 Å². The van der Waals surface area contributed by atoms with Gasteiger partial charge in [0.1, 0.15) is 5.82 Å². The Labute approximate surface area is 112 Å². The zero-order valence-corrected chi connectivity index (χ0v) is 11.0. The topological polar surface area (TPSA) is 40.5 Å². The summed E-state index contributed by atoms with van der Waals surface area (Å²) >= 11 is 0. The van der Waals surface area contributed by atoms with E-state index in [4.69, 9.17) is 5.11 Å². The number of nitrogens with zero attached hydrogens (tertiary/aromatic N) is 1. The second kappa shape index (κ2) is 5.87. The number of carbonyl (C=O) groups is 1. The summed E-state index contributed by atoms with van der Waals surface area (Å²) in [6, 6.07) is 4.86. The molecule has 0 bridgehead atoms. The second-order valence-electron chi connectivity index (χ2n) is 5.05. The highest BCUT2D eigenvalue weighted by Gasteiger charge is 2.18. The maximum absolute atomic E-state index is 14.0. The summed E-state index contributed by atoms with van der Waals surface area (Å²) in [5.74, 6) is -0.617. The number of halogens is 1. The number of aliphatic carboxylic acids is 1. The molecular formula is C15H18FNO2. The molecule has 0 atom stereocenters. The van der Waals surface area contributed by atoms with Crippen molar-refractivity contribution in [1.29, 1.82) is 0 Å². The Morgan fingerprint density at radius 1 is 1.42 bits per heavy atom. The van der Waals surface area contributed by atoms with Gasteiger partial charge in [0.25, 0.3) is 0 Å². The molecule has 1 aromatic rings. The van der Waals surface area contributed by atoms with Crippen LogP contribution in [0.5, 0.6) is 0 Å². The van der Waals surface area contributed by atoms with Crippen molar-refractivity contribution in [1.82, 2.24) is 0 Å². The second-order valence-corrected chi connectivity index (χ2v) is 5.05.